The largest absolute Gasteiger partial charge is 0.442 e. The Morgan fingerprint density at radius 1 is 1.13 bits per heavy atom. The number of anilines is 2. The van der Waals surface area contributed by atoms with E-state index >= 15 is 0 Å². The van der Waals surface area contributed by atoms with Gasteiger partial charge in [-0.05, 0) is 35.9 Å². The Morgan fingerprint density at radius 2 is 1.79 bits per heavy atom. The van der Waals surface area contributed by atoms with Crippen LogP contribution in [0.2, 0.25) is 0 Å². The van der Waals surface area contributed by atoms with Crippen molar-refractivity contribution in [1.82, 2.24) is 5.32 Å². The van der Waals surface area contributed by atoms with Crippen LogP contribution >= 0.6 is 16.1 Å². The zero-order chi connectivity index (χ0) is 28.2. The highest BCUT2D eigenvalue weighted by molar-refractivity contribution is 7.59. The summed E-state index contributed by atoms with van der Waals surface area (Å²) in [6, 6.07) is 9.90. The lowest BCUT2D eigenvalue weighted by molar-refractivity contribution is 0.122. The molecule has 3 atom stereocenters. The Morgan fingerprint density at radius 3 is 2.41 bits per heavy atom. The summed E-state index contributed by atoms with van der Waals surface area (Å²) in [7, 11) is -7.44. The summed E-state index contributed by atoms with van der Waals surface area (Å²) in [4.78, 5) is 46.1. The molecule has 2 saturated heterocycles. The third kappa shape index (κ3) is 6.96. The van der Waals surface area contributed by atoms with Crippen LogP contribution in [-0.2, 0) is 25.0 Å². The number of rotatable bonds is 9. The predicted molar refractivity (Wildman–Crippen MR) is 139 cm³/mol. The van der Waals surface area contributed by atoms with E-state index in [1.807, 2.05) is 4.90 Å². The summed E-state index contributed by atoms with van der Waals surface area (Å²) < 4.78 is 53.1. The zero-order valence-corrected chi connectivity index (χ0v) is 22.5. The van der Waals surface area contributed by atoms with Crippen molar-refractivity contribution in [3.05, 3.63) is 53.8 Å². The molecule has 2 aliphatic heterocycles. The number of cyclic esters (lactones) is 1. The lowest BCUT2D eigenvalue weighted by Crippen LogP contribution is -2.37. The van der Waals surface area contributed by atoms with Crippen LogP contribution in [0.15, 0.2) is 42.5 Å². The van der Waals surface area contributed by atoms with Crippen LogP contribution in [0.1, 0.15) is 5.56 Å². The van der Waals surface area contributed by atoms with E-state index in [9.17, 15) is 38.0 Å². The van der Waals surface area contributed by atoms with Crippen molar-refractivity contribution in [2.75, 3.05) is 49.2 Å². The molecule has 4 N–H and O–H groups in total. The topological polar surface area (TPSA) is 175 Å². The number of aliphatic hydroxyl groups is 1. The number of morpholine rings is 1. The van der Waals surface area contributed by atoms with E-state index in [0.717, 1.165) is 0 Å². The standard InChI is InChI=1S/C23H28FN3O10P2/c24-19-11-16(3-6-20(19)26-7-9-35-10-8-26)27-14-18(37-22(27)29)13-25-21(28)36-17-4-1-15(2-5-17)12-23(30,38(31)32)39(33)34/h1-6,11,18,30,38-39H,7-10,12-14H2,(H,25,28)(H,31,32)(H,33,34)/t18-/m0/s1. The van der Waals surface area contributed by atoms with E-state index in [1.165, 1.54) is 35.2 Å². The minimum absolute atomic E-state index is 0.0733. The molecule has 2 aromatic rings. The Hall–Kier alpha value is -2.99. The normalized spacial score (nSPS) is 20.6. The maximum absolute atomic E-state index is 14.8. The first-order valence-electron chi connectivity index (χ1n) is 11.9. The third-order valence-electron chi connectivity index (χ3n) is 6.24. The molecule has 2 heterocycles. The summed E-state index contributed by atoms with van der Waals surface area (Å²) in [6.07, 6.45) is -2.78. The number of amides is 2. The molecule has 2 aromatic carbocycles. The van der Waals surface area contributed by atoms with Crippen LogP contribution in [0.4, 0.5) is 25.4 Å². The number of carbonyl (C=O) groups is 2. The summed E-state index contributed by atoms with van der Waals surface area (Å²) >= 11 is 0. The average Bonchev–Trinajstić information content (AvgIpc) is 3.29. The van der Waals surface area contributed by atoms with Crippen LogP contribution in [0.3, 0.4) is 0 Å². The first-order chi connectivity index (χ1) is 18.6. The van der Waals surface area contributed by atoms with Crippen LogP contribution in [0.5, 0.6) is 5.75 Å². The number of hydrogen-bond donors (Lipinski definition) is 4. The fourth-order valence-corrected chi connectivity index (χ4v) is 5.56. The van der Waals surface area contributed by atoms with Gasteiger partial charge in [-0.3, -0.25) is 14.0 Å². The van der Waals surface area contributed by atoms with Crippen molar-refractivity contribution >= 4 is 39.6 Å². The molecule has 2 fully saturated rings. The fourth-order valence-electron chi connectivity index (χ4n) is 4.12. The number of benzene rings is 2. The van der Waals surface area contributed by atoms with E-state index in [-0.39, 0.29) is 24.4 Å². The van der Waals surface area contributed by atoms with Gasteiger partial charge in [0.1, 0.15) is 17.7 Å². The number of nitrogens with one attached hydrogen (secondary N) is 1. The molecule has 0 spiro atoms. The second kappa shape index (κ2) is 12.5. The number of ether oxygens (including phenoxy) is 3. The Bertz CT molecular complexity index is 1250. The molecular formula is C23H28FN3O10P2. The number of hydrogen-bond acceptors (Lipinski definition) is 9. The zero-order valence-electron chi connectivity index (χ0n) is 20.5. The van der Waals surface area contributed by atoms with Crippen LogP contribution in [0.25, 0.3) is 0 Å². The molecule has 13 nitrogen and oxygen atoms in total. The second-order valence-corrected chi connectivity index (χ2v) is 12.3. The molecule has 0 radical (unpaired) electrons. The summed E-state index contributed by atoms with van der Waals surface area (Å²) in [5.41, 5.74) is 1.02. The second-order valence-electron chi connectivity index (χ2n) is 8.91. The van der Waals surface area contributed by atoms with Gasteiger partial charge in [0.2, 0.25) is 21.1 Å². The van der Waals surface area contributed by atoms with E-state index < -0.39 is 51.7 Å². The van der Waals surface area contributed by atoms with Gasteiger partial charge in [0.25, 0.3) is 0 Å². The van der Waals surface area contributed by atoms with Gasteiger partial charge in [-0.15, -0.1) is 0 Å². The molecule has 0 saturated carbocycles. The molecule has 212 valence electrons. The Labute approximate surface area is 223 Å². The highest BCUT2D eigenvalue weighted by atomic mass is 31.2. The lowest BCUT2D eigenvalue weighted by Gasteiger charge is -2.29. The minimum atomic E-state index is -3.72. The SMILES string of the molecule is O=C(NC[C@H]1CN(c2ccc(N3CCOCC3)c(F)c2)C(=O)O1)Oc1ccc(CC(O)([PH](=O)O)[PH](=O)O)cc1. The van der Waals surface area contributed by atoms with Gasteiger partial charge in [-0.1, -0.05) is 12.1 Å². The molecule has 0 aromatic heterocycles. The molecule has 2 unspecified atom stereocenters. The van der Waals surface area contributed by atoms with Crippen LogP contribution < -0.4 is 19.9 Å². The molecule has 16 heteroatoms. The predicted octanol–water partition coefficient (Wildman–Crippen LogP) is 1.90. The fraction of sp³-hybridized carbons (Fsp3) is 0.391. The Balaban J connectivity index is 1.28. The maximum atomic E-state index is 14.8. The van der Waals surface area contributed by atoms with Gasteiger partial charge in [-0.2, -0.15) is 0 Å². The van der Waals surface area contributed by atoms with Crippen molar-refractivity contribution in [2.45, 2.75) is 17.6 Å². The van der Waals surface area contributed by atoms with Gasteiger partial charge >= 0.3 is 12.2 Å². The number of halogens is 1. The summed E-state index contributed by atoms with van der Waals surface area (Å²) in [6.45, 7) is 2.16. The maximum Gasteiger partial charge on any atom is 0.414 e. The number of carbonyl (C=O) groups excluding carboxylic acids is 2. The van der Waals surface area contributed by atoms with E-state index in [0.29, 0.717) is 37.7 Å². The van der Waals surface area contributed by atoms with E-state index in [2.05, 4.69) is 5.32 Å². The highest BCUT2D eigenvalue weighted by Crippen LogP contribution is 2.51. The minimum Gasteiger partial charge on any atom is -0.442 e. The molecule has 4 rings (SSSR count). The molecule has 2 amide bonds. The number of nitrogens with zero attached hydrogens (tertiary/aromatic N) is 2. The van der Waals surface area contributed by atoms with Crippen molar-refractivity contribution in [3.8, 4) is 5.75 Å². The van der Waals surface area contributed by atoms with Gasteiger partial charge < -0.3 is 39.3 Å². The Kier molecular flexibility index (Phi) is 9.27. The quantitative estimate of drug-likeness (QED) is 0.316. The molecule has 39 heavy (non-hydrogen) atoms. The third-order valence-corrected chi connectivity index (χ3v) is 9.30. The summed E-state index contributed by atoms with van der Waals surface area (Å²) in [5, 5.41) is 9.85. The van der Waals surface area contributed by atoms with Gasteiger partial charge in [0.05, 0.1) is 37.7 Å². The molecule has 0 bridgehead atoms. The van der Waals surface area contributed by atoms with Crippen molar-refractivity contribution < 1.29 is 52.2 Å². The first-order valence-corrected chi connectivity index (χ1v) is 14.6. The monoisotopic (exact) mass is 587 g/mol. The smallest absolute Gasteiger partial charge is 0.414 e. The molecule has 0 aliphatic carbocycles. The van der Waals surface area contributed by atoms with Crippen molar-refractivity contribution in [2.24, 2.45) is 0 Å². The van der Waals surface area contributed by atoms with Gasteiger partial charge in [0, 0.05) is 19.5 Å². The van der Waals surface area contributed by atoms with Gasteiger partial charge in [-0.25, -0.2) is 14.0 Å². The van der Waals surface area contributed by atoms with Crippen molar-refractivity contribution in [3.63, 3.8) is 0 Å². The van der Waals surface area contributed by atoms with Crippen LogP contribution in [-0.4, -0.2) is 77.7 Å². The van der Waals surface area contributed by atoms with Crippen LogP contribution in [0, 0.1) is 5.82 Å². The highest BCUT2D eigenvalue weighted by Gasteiger charge is 2.39. The average molecular weight is 587 g/mol. The lowest BCUT2D eigenvalue weighted by atomic mass is 10.1. The first kappa shape index (κ1) is 29.0. The van der Waals surface area contributed by atoms with E-state index in [4.69, 9.17) is 14.2 Å². The van der Waals surface area contributed by atoms with Gasteiger partial charge in [0.15, 0.2) is 0 Å². The van der Waals surface area contributed by atoms with E-state index in [1.54, 1.807) is 12.1 Å². The molecule has 2 aliphatic rings. The summed E-state index contributed by atoms with van der Waals surface area (Å²) in [5.74, 6) is -0.381. The molecular weight excluding hydrogens is 559 g/mol. The van der Waals surface area contributed by atoms with Crippen molar-refractivity contribution in [1.29, 1.82) is 0 Å².